The lowest BCUT2D eigenvalue weighted by molar-refractivity contribution is 0.0570. The van der Waals surface area contributed by atoms with Gasteiger partial charge in [-0.1, -0.05) is 18.2 Å². The van der Waals surface area contributed by atoms with Gasteiger partial charge in [0, 0.05) is 41.0 Å². The van der Waals surface area contributed by atoms with Crippen LogP contribution in [0.4, 0.5) is 5.82 Å². The standard InChI is InChI=1S/C27H28N6O2/c1-17-16-35-14-13-32(17)25-21-15-33(26(34)18-7-5-4-6-8-18)27(2,3)22(21)30-24(31-25)20-10-12-29-23-19(20)9-11-28-23/h4-12,17H,13-16H2,1-3H3,(H,28,29)/t17-/m1/s1. The zero-order valence-corrected chi connectivity index (χ0v) is 20.2. The van der Waals surface area contributed by atoms with Gasteiger partial charge in [-0.3, -0.25) is 4.79 Å². The minimum atomic E-state index is -0.603. The fourth-order valence-electron chi connectivity index (χ4n) is 5.23. The number of hydrogen-bond acceptors (Lipinski definition) is 6. The number of pyridine rings is 1. The average Bonchev–Trinajstić information content (AvgIpc) is 3.46. The number of rotatable bonds is 3. The summed E-state index contributed by atoms with van der Waals surface area (Å²) in [6.45, 7) is 8.78. The van der Waals surface area contributed by atoms with Gasteiger partial charge in [-0.15, -0.1) is 0 Å². The quantitative estimate of drug-likeness (QED) is 0.486. The van der Waals surface area contributed by atoms with Crippen LogP contribution in [-0.2, 0) is 16.8 Å². The van der Waals surface area contributed by atoms with Gasteiger partial charge in [0.05, 0.1) is 37.0 Å². The van der Waals surface area contributed by atoms with Gasteiger partial charge < -0.3 is 19.5 Å². The first-order chi connectivity index (χ1) is 16.9. The van der Waals surface area contributed by atoms with Crippen LogP contribution in [0.15, 0.2) is 54.9 Å². The summed E-state index contributed by atoms with van der Waals surface area (Å²) in [7, 11) is 0. The molecule has 1 saturated heterocycles. The van der Waals surface area contributed by atoms with Crippen LogP contribution in [0.1, 0.15) is 42.4 Å². The Morgan fingerprint density at radius 2 is 1.97 bits per heavy atom. The number of anilines is 1. The largest absolute Gasteiger partial charge is 0.377 e. The van der Waals surface area contributed by atoms with Gasteiger partial charge in [0.15, 0.2) is 5.82 Å². The molecule has 0 radical (unpaired) electrons. The molecule has 2 aliphatic rings. The number of H-pyrrole nitrogens is 1. The molecule has 0 saturated carbocycles. The van der Waals surface area contributed by atoms with Crippen molar-refractivity contribution in [1.29, 1.82) is 0 Å². The number of benzene rings is 1. The lowest BCUT2D eigenvalue weighted by Gasteiger charge is -2.35. The molecule has 1 amide bonds. The molecule has 8 nitrogen and oxygen atoms in total. The molecule has 1 N–H and O–H groups in total. The molecule has 0 aliphatic carbocycles. The molecule has 1 atom stereocenters. The zero-order chi connectivity index (χ0) is 24.2. The Balaban J connectivity index is 1.53. The van der Waals surface area contributed by atoms with E-state index in [1.807, 2.05) is 53.6 Å². The maximum atomic E-state index is 13.6. The molecule has 5 heterocycles. The summed E-state index contributed by atoms with van der Waals surface area (Å²) in [4.78, 5) is 35.7. The van der Waals surface area contributed by atoms with Crippen LogP contribution in [0.3, 0.4) is 0 Å². The van der Waals surface area contributed by atoms with Gasteiger partial charge >= 0.3 is 0 Å². The van der Waals surface area contributed by atoms with E-state index in [1.165, 1.54) is 0 Å². The van der Waals surface area contributed by atoms with Gasteiger partial charge in [0.1, 0.15) is 11.5 Å². The summed E-state index contributed by atoms with van der Waals surface area (Å²) in [6.07, 6.45) is 3.65. The Morgan fingerprint density at radius 1 is 1.14 bits per heavy atom. The Labute approximate surface area is 204 Å². The lowest BCUT2D eigenvalue weighted by atomic mass is 9.98. The SMILES string of the molecule is C[C@@H]1COCCN1c1nc(-c2ccnc3[nH]ccc23)nc2c1CN(C(=O)c1ccccc1)C2(C)C. The van der Waals surface area contributed by atoms with Crippen LogP contribution < -0.4 is 4.90 Å². The van der Waals surface area contributed by atoms with Crippen molar-refractivity contribution in [3.63, 3.8) is 0 Å². The summed E-state index contributed by atoms with van der Waals surface area (Å²) in [5.74, 6) is 1.53. The van der Waals surface area contributed by atoms with Crippen molar-refractivity contribution in [2.45, 2.75) is 38.9 Å². The van der Waals surface area contributed by atoms with Crippen LogP contribution >= 0.6 is 0 Å². The van der Waals surface area contributed by atoms with Crippen LogP contribution in [0.2, 0.25) is 0 Å². The van der Waals surface area contributed by atoms with Gasteiger partial charge in [-0.2, -0.15) is 0 Å². The van der Waals surface area contributed by atoms with E-state index in [2.05, 4.69) is 35.6 Å². The summed E-state index contributed by atoms with van der Waals surface area (Å²) >= 11 is 0. The van der Waals surface area contributed by atoms with Gasteiger partial charge in [0.2, 0.25) is 0 Å². The summed E-state index contributed by atoms with van der Waals surface area (Å²) in [5.41, 5.74) is 3.69. The average molecular weight is 469 g/mol. The van der Waals surface area contributed by atoms with E-state index in [0.29, 0.717) is 31.1 Å². The van der Waals surface area contributed by atoms with Gasteiger partial charge in [0.25, 0.3) is 5.91 Å². The maximum Gasteiger partial charge on any atom is 0.254 e. The smallest absolute Gasteiger partial charge is 0.254 e. The molecule has 0 spiro atoms. The highest BCUT2D eigenvalue weighted by atomic mass is 16.5. The molecule has 3 aromatic heterocycles. The first kappa shape index (κ1) is 21.7. The zero-order valence-electron chi connectivity index (χ0n) is 20.2. The highest BCUT2D eigenvalue weighted by Crippen LogP contribution is 2.43. The van der Waals surface area contributed by atoms with Crippen molar-refractivity contribution in [2.75, 3.05) is 24.7 Å². The summed E-state index contributed by atoms with van der Waals surface area (Å²) in [6, 6.07) is 13.6. The van der Waals surface area contributed by atoms with E-state index in [0.717, 1.165) is 40.2 Å². The summed E-state index contributed by atoms with van der Waals surface area (Å²) in [5, 5.41) is 0.974. The molecular formula is C27H28N6O2. The van der Waals surface area contributed by atoms with Crippen LogP contribution in [0.25, 0.3) is 22.4 Å². The van der Waals surface area contributed by atoms with Crippen molar-refractivity contribution < 1.29 is 9.53 Å². The van der Waals surface area contributed by atoms with E-state index in [1.54, 1.807) is 6.20 Å². The van der Waals surface area contributed by atoms with Gasteiger partial charge in [-0.05, 0) is 45.0 Å². The number of carbonyl (C=O) groups excluding carboxylic acids is 1. The number of aromatic amines is 1. The second-order valence-electron chi connectivity index (χ2n) is 9.73. The van der Waals surface area contributed by atoms with E-state index in [-0.39, 0.29) is 11.9 Å². The third-order valence-corrected chi connectivity index (χ3v) is 7.16. The number of nitrogens with zero attached hydrogens (tertiary/aromatic N) is 5. The number of nitrogens with one attached hydrogen (secondary N) is 1. The molecular weight excluding hydrogens is 440 g/mol. The van der Waals surface area contributed by atoms with E-state index in [9.17, 15) is 4.79 Å². The number of amides is 1. The minimum Gasteiger partial charge on any atom is -0.377 e. The van der Waals surface area contributed by atoms with E-state index < -0.39 is 5.54 Å². The molecule has 0 bridgehead atoms. The number of carbonyl (C=O) groups is 1. The first-order valence-electron chi connectivity index (χ1n) is 12.0. The van der Waals surface area contributed by atoms with Crippen molar-refractivity contribution in [2.24, 2.45) is 0 Å². The van der Waals surface area contributed by atoms with Crippen molar-refractivity contribution in [3.8, 4) is 11.4 Å². The third kappa shape index (κ3) is 3.47. The van der Waals surface area contributed by atoms with Crippen LogP contribution in [0, 0.1) is 0 Å². The Morgan fingerprint density at radius 3 is 2.77 bits per heavy atom. The molecule has 1 aromatic carbocycles. The Hall–Kier alpha value is -3.78. The molecule has 2 aliphatic heterocycles. The molecule has 35 heavy (non-hydrogen) atoms. The van der Waals surface area contributed by atoms with E-state index in [4.69, 9.17) is 14.7 Å². The molecule has 178 valence electrons. The number of aromatic nitrogens is 4. The van der Waals surface area contributed by atoms with Crippen LogP contribution in [-0.4, -0.2) is 56.5 Å². The van der Waals surface area contributed by atoms with Crippen molar-refractivity contribution >= 4 is 22.8 Å². The fourth-order valence-corrected chi connectivity index (χ4v) is 5.23. The summed E-state index contributed by atoms with van der Waals surface area (Å²) < 4.78 is 5.71. The monoisotopic (exact) mass is 468 g/mol. The number of hydrogen-bond donors (Lipinski definition) is 1. The topological polar surface area (TPSA) is 87.2 Å². The molecule has 4 aromatic rings. The normalized spacial score (nSPS) is 19.2. The minimum absolute atomic E-state index is 0.00642. The lowest BCUT2D eigenvalue weighted by Crippen LogP contribution is -2.44. The third-order valence-electron chi connectivity index (χ3n) is 7.16. The van der Waals surface area contributed by atoms with Crippen molar-refractivity contribution in [1.82, 2.24) is 24.8 Å². The maximum absolute atomic E-state index is 13.6. The number of fused-ring (bicyclic) bond motifs is 2. The number of ether oxygens (including phenoxy) is 1. The Bertz CT molecular complexity index is 1410. The van der Waals surface area contributed by atoms with E-state index >= 15 is 0 Å². The fraction of sp³-hybridized carbons (Fsp3) is 0.333. The van der Waals surface area contributed by atoms with Crippen LogP contribution in [0.5, 0.6) is 0 Å². The second kappa shape index (κ2) is 8.16. The highest BCUT2D eigenvalue weighted by Gasteiger charge is 2.45. The predicted molar refractivity (Wildman–Crippen MR) is 134 cm³/mol. The highest BCUT2D eigenvalue weighted by molar-refractivity contribution is 5.95. The van der Waals surface area contributed by atoms with Crippen molar-refractivity contribution in [3.05, 3.63) is 71.7 Å². The molecule has 0 unspecified atom stereocenters. The first-order valence-corrected chi connectivity index (χ1v) is 12.0. The van der Waals surface area contributed by atoms with Gasteiger partial charge in [-0.25, -0.2) is 15.0 Å². The molecule has 8 heteroatoms. The molecule has 1 fully saturated rings. The predicted octanol–water partition coefficient (Wildman–Crippen LogP) is 4.14. The molecule has 6 rings (SSSR count). The number of morpholine rings is 1. The Kier molecular flexibility index (Phi) is 5.07. The second-order valence-corrected chi connectivity index (χ2v) is 9.73.